The molecular formula is C16H11NO3. The smallest absolute Gasteiger partial charge is 0.196 e. The van der Waals surface area contributed by atoms with Crippen LogP contribution in [0.3, 0.4) is 0 Å². The summed E-state index contributed by atoms with van der Waals surface area (Å²) in [5.41, 5.74) is 3.81. The minimum absolute atomic E-state index is 0.00888. The highest BCUT2D eigenvalue weighted by molar-refractivity contribution is 6.27. The monoisotopic (exact) mass is 265 g/mol. The van der Waals surface area contributed by atoms with Crippen molar-refractivity contribution in [1.82, 2.24) is 4.98 Å². The molecule has 0 saturated carbocycles. The number of aromatic hydroxyl groups is 1. The molecular weight excluding hydrogens is 254 g/mol. The number of aromatic nitrogens is 1. The number of aromatic amines is 1. The summed E-state index contributed by atoms with van der Waals surface area (Å²) in [7, 11) is 1.49. The minimum Gasteiger partial charge on any atom is -0.504 e. The summed E-state index contributed by atoms with van der Waals surface area (Å²) in [4.78, 5) is 15.7. The quantitative estimate of drug-likeness (QED) is 0.556. The zero-order valence-corrected chi connectivity index (χ0v) is 10.7. The Morgan fingerprint density at radius 1 is 1.15 bits per heavy atom. The van der Waals surface area contributed by atoms with Crippen molar-refractivity contribution < 1.29 is 14.6 Å². The maximum Gasteiger partial charge on any atom is 0.196 e. The SMILES string of the molecule is COc1cc2c3c([nH]c2cc1O)-c1ccccc1C3=O. The first-order chi connectivity index (χ1) is 9.70. The van der Waals surface area contributed by atoms with Crippen LogP contribution >= 0.6 is 0 Å². The van der Waals surface area contributed by atoms with Gasteiger partial charge in [-0.1, -0.05) is 24.3 Å². The van der Waals surface area contributed by atoms with Crippen molar-refractivity contribution >= 4 is 16.7 Å². The molecule has 0 saturated heterocycles. The van der Waals surface area contributed by atoms with Gasteiger partial charge in [0.1, 0.15) is 0 Å². The Hall–Kier alpha value is -2.75. The highest BCUT2D eigenvalue weighted by Gasteiger charge is 2.30. The number of carbonyl (C=O) groups excluding carboxylic acids is 1. The fourth-order valence-electron chi connectivity index (χ4n) is 2.85. The van der Waals surface area contributed by atoms with Gasteiger partial charge < -0.3 is 14.8 Å². The Morgan fingerprint density at radius 2 is 1.90 bits per heavy atom. The zero-order chi connectivity index (χ0) is 13.9. The molecule has 0 amide bonds. The van der Waals surface area contributed by atoms with Gasteiger partial charge in [0, 0.05) is 22.6 Å². The molecule has 4 heteroatoms. The molecule has 0 atom stereocenters. The Morgan fingerprint density at radius 3 is 2.65 bits per heavy atom. The summed E-state index contributed by atoms with van der Waals surface area (Å²) in [5, 5.41) is 10.6. The lowest BCUT2D eigenvalue weighted by atomic mass is 10.1. The van der Waals surface area contributed by atoms with E-state index in [2.05, 4.69) is 4.98 Å². The van der Waals surface area contributed by atoms with E-state index in [0.717, 1.165) is 22.2 Å². The topological polar surface area (TPSA) is 62.3 Å². The molecule has 4 nitrogen and oxygen atoms in total. The third kappa shape index (κ3) is 1.23. The Labute approximate surface area is 114 Å². The summed E-state index contributed by atoms with van der Waals surface area (Å²) in [6.45, 7) is 0. The van der Waals surface area contributed by atoms with Gasteiger partial charge in [-0.15, -0.1) is 0 Å². The van der Waals surface area contributed by atoms with Gasteiger partial charge in [-0.05, 0) is 6.07 Å². The van der Waals surface area contributed by atoms with Crippen LogP contribution in [0.15, 0.2) is 36.4 Å². The molecule has 1 aromatic heterocycles. The van der Waals surface area contributed by atoms with E-state index in [1.807, 2.05) is 24.3 Å². The minimum atomic E-state index is 0.00888. The van der Waals surface area contributed by atoms with Gasteiger partial charge in [0.2, 0.25) is 0 Å². The summed E-state index contributed by atoms with van der Waals surface area (Å²) >= 11 is 0. The number of benzene rings is 2. The van der Waals surface area contributed by atoms with Gasteiger partial charge in [0.05, 0.1) is 23.9 Å². The van der Waals surface area contributed by atoms with E-state index in [9.17, 15) is 9.90 Å². The molecule has 2 aromatic carbocycles. The zero-order valence-electron chi connectivity index (χ0n) is 10.7. The van der Waals surface area contributed by atoms with Gasteiger partial charge in [-0.2, -0.15) is 0 Å². The standard InChI is InChI=1S/C16H11NO3/c1-20-13-6-10-11(7-12(13)18)17-15-8-4-2-3-5-9(8)16(19)14(10)15/h2-7,17-18H,1H3. The van der Waals surface area contributed by atoms with E-state index in [-0.39, 0.29) is 11.5 Å². The van der Waals surface area contributed by atoms with Crippen LogP contribution in [0, 0.1) is 0 Å². The van der Waals surface area contributed by atoms with Gasteiger partial charge in [0.15, 0.2) is 17.3 Å². The molecule has 0 spiro atoms. The molecule has 0 unspecified atom stereocenters. The van der Waals surface area contributed by atoms with Crippen molar-refractivity contribution in [2.24, 2.45) is 0 Å². The lowest BCUT2D eigenvalue weighted by molar-refractivity contribution is 0.104. The number of phenols is 1. The van der Waals surface area contributed by atoms with Crippen LogP contribution in [-0.2, 0) is 0 Å². The number of ether oxygens (including phenoxy) is 1. The lowest BCUT2D eigenvalue weighted by Gasteiger charge is -2.04. The van der Waals surface area contributed by atoms with Crippen molar-refractivity contribution in [2.45, 2.75) is 0 Å². The summed E-state index contributed by atoms with van der Waals surface area (Å²) in [5.74, 6) is 0.429. The molecule has 1 heterocycles. The average molecular weight is 265 g/mol. The molecule has 2 N–H and O–H groups in total. The number of hydrogen-bond donors (Lipinski definition) is 2. The van der Waals surface area contributed by atoms with E-state index in [0.29, 0.717) is 16.9 Å². The number of carbonyl (C=O) groups is 1. The number of methoxy groups -OCH3 is 1. The first kappa shape index (κ1) is 11.1. The van der Waals surface area contributed by atoms with Gasteiger partial charge in [-0.25, -0.2) is 0 Å². The fourth-order valence-corrected chi connectivity index (χ4v) is 2.85. The second-order valence-corrected chi connectivity index (χ2v) is 4.82. The molecule has 20 heavy (non-hydrogen) atoms. The Bertz CT molecular complexity index is 877. The van der Waals surface area contributed by atoms with Crippen LogP contribution in [0.5, 0.6) is 11.5 Å². The number of ketones is 1. The number of H-pyrrole nitrogens is 1. The fraction of sp³-hybridized carbons (Fsp3) is 0.0625. The van der Waals surface area contributed by atoms with Crippen molar-refractivity contribution in [3.8, 4) is 22.8 Å². The molecule has 98 valence electrons. The first-order valence-corrected chi connectivity index (χ1v) is 6.27. The van der Waals surface area contributed by atoms with Crippen molar-refractivity contribution in [3.63, 3.8) is 0 Å². The van der Waals surface area contributed by atoms with Crippen LogP contribution in [0.2, 0.25) is 0 Å². The molecule has 4 rings (SSSR count). The number of fused-ring (bicyclic) bond motifs is 5. The first-order valence-electron chi connectivity index (χ1n) is 6.27. The molecule has 0 fully saturated rings. The highest BCUT2D eigenvalue weighted by Crippen LogP contribution is 2.42. The number of rotatable bonds is 1. The van der Waals surface area contributed by atoms with Crippen molar-refractivity contribution in [3.05, 3.63) is 47.5 Å². The van der Waals surface area contributed by atoms with Crippen LogP contribution < -0.4 is 4.74 Å². The van der Waals surface area contributed by atoms with Crippen molar-refractivity contribution in [2.75, 3.05) is 7.11 Å². The Balaban J connectivity index is 2.10. The molecule has 3 aromatic rings. The van der Waals surface area contributed by atoms with Crippen LogP contribution in [0.4, 0.5) is 0 Å². The highest BCUT2D eigenvalue weighted by atomic mass is 16.5. The van der Waals surface area contributed by atoms with E-state index >= 15 is 0 Å². The predicted octanol–water partition coefficient (Wildman–Crippen LogP) is 3.09. The predicted molar refractivity (Wildman–Crippen MR) is 75.4 cm³/mol. The molecule has 1 aliphatic carbocycles. The normalized spacial score (nSPS) is 12.6. The number of hydrogen-bond acceptors (Lipinski definition) is 3. The van der Waals surface area contributed by atoms with Crippen LogP contribution in [-0.4, -0.2) is 23.0 Å². The average Bonchev–Trinajstić information content (AvgIpc) is 2.95. The van der Waals surface area contributed by atoms with Crippen molar-refractivity contribution in [1.29, 1.82) is 0 Å². The van der Waals surface area contributed by atoms with E-state index < -0.39 is 0 Å². The van der Waals surface area contributed by atoms with Gasteiger partial charge in [-0.3, -0.25) is 4.79 Å². The maximum atomic E-state index is 12.5. The summed E-state index contributed by atoms with van der Waals surface area (Å²) in [6, 6.07) is 10.8. The molecule has 0 aliphatic heterocycles. The molecule has 0 bridgehead atoms. The summed E-state index contributed by atoms with van der Waals surface area (Å²) < 4.78 is 5.12. The second kappa shape index (κ2) is 3.63. The van der Waals surface area contributed by atoms with E-state index in [1.54, 1.807) is 12.1 Å². The van der Waals surface area contributed by atoms with Crippen LogP contribution in [0.25, 0.3) is 22.2 Å². The lowest BCUT2D eigenvalue weighted by Crippen LogP contribution is -1.95. The van der Waals surface area contributed by atoms with E-state index in [1.165, 1.54) is 7.11 Å². The largest absolute Gasteiger partial charge is 0.504 e. The number of nitrogens with one attached hydrogen (secondary N) is 1. The maximum absolute atomic E-state index is 12.5. The summed E-state index contributed by atoms with van der Waals surface area (Å²) in [6.07, 6.45) is 0. The molecule has 0 radical (unpaired) electrons. The Kier molecular flexibility index (Phi) is 2.02. The molecule has 1 aliphatic rings. The van der Waals surface area contributed by atoms with Gasteiger partial charge >= 0.3 is 0 Å². The van der Waals surface area contributed by atoms with E-state index in [4.69, 9.17) is 4.74 Å². The third-order valence-corrected chi connectivity index (χ3v) is 3.77. The van der Waals surface area contributed by atoms with Gasteiger partial charge in [0.25, 0.3) is 0 Å². The third-order valence-electron chi connectivity index (χ3n) is 3.77. The number of phenolic OH excluding ortho intramolecular Hbond substituents is 1. The van der Waals surface area contributed by atoms with Crippen LogP contribution in [0.1, 0.15) is 15.9 Å². The second-order valence-electron chi connectivity index (χ2n) is 4.82.